The van der Waals surface area contributed by atoms with E-state index in [0.29, 0.717) is 24.2 Å². The van der Waals surface area contributed by atoms with Gasteiger partial charge in [-0.2, -0.15) is 0 Å². The average Bonchev–Trinajstić information content (AvgIpc) is 1.57. The molecule has 752 valence electrons. The minimum atomic E-state index is -3.30. The van der Waals surface area contributed by atoms with Gasteiger partial charge in [0.2, 0.25) is 0 Å². The van der Waals surface area contributed by atoms with Gasteiger partial charge < -0.3 is 10.6 Å². The molecule has 26 nitrogen and oxygen atoms in total. The molecule has 8 aliphatic rings. The van der Waals surface area contributed by atoms with E-state index in [1.165, 1.54) is 47.9 Å². The molecule has 16 aromatic carbocycles. The van der Waals surface area contributed by atoms with Crippen molar-refractivity contribution in [1.29, 1.82) is 0 Å². The molecule has 148 heavy (non-hydrogen) atoms. The lowest BCUT2D eigenvalue weighted by molar-refractivity contribution is 0.0999. The van der Waals surface area contributed by atoms with Crippen LogP contribution in [-0.4, -0.2) is 160 Å². The second-order valence-corrected chi connectivity index (χ2v) is 49.1. The summed E-state index contributed by atoms with van der Waals surface area (Å²) in [6, 6.07) is 106. The van der Waals surface area contributed by atoms with Crippen LogP contribution in [0.3, 0.4) is 0 Å². The van der Waals surface area contributed by atoms with Crippen LogP contribution in [0.25, 0.3) is 43.1 Å². The van der Waals surface area contributed by atoms with Gasteiger partial charge in [0.05, 0.1) is 112 Å². The zero-order valence-electron chi connectivity index (χ0n) is 82.4. The first-order valence-electron chi connectivity index (χ1n) is 48.0. The number of amidine groups is 4. The molecule has 0 radical (unpaired) electrons. The minimum Gasteiger partial charge on any atom is -0.316 e. The highest BCUT2D eigenvalue weighted by Crippen LogP contribution is 2.48. The number of nitrogens with zero attached hydrogens (tertiary/aromatic N) is 8. The van der Waals surface area contributed by atoms with Gasteiger partial charge in [-0.15, -0.1) is 0 Å². The van der Waals surface area contributed by atoms with Crippen LogP contribution in [-0.2, 0) is 94.9 Å². The van der Waals surface area contributed by atoms with E-state index >= 15 is 0 Å². The number of amides is 4. The highest BCUT2D eigenvalue weighted by atomic mass is 32.2. The number of hydrogen-bond acceptors (Lipinski definition) is 22. The number of aliphatic imine (C=N–C) groups is 4. The Hall–Kier alpha value is -15.3. The molecule has 8 aliphatic heterocycles. The van der Waals surface area contributed by atoms with Crippen molar-refractivity contribution in [2.75, 3.05) is 82.3 Å². The third kappa shape index (κ3) is 23.1. The summed E-state index contributed by atoms with van der Waals surface area (Å²) in [4.78, 5) is 77.3. The maximum Gasteiger partial charge on any atom is 0.264 e. The molecular weight excluding hydrogens is 1980 g/mol. The topological polar surface area (TPSA) is 360 Å². The van der Waals surface area contributed by atoms with E-state index in [2.05, 4.69) is 73.0 Å². The molecule has 24 rings (SSSR count). The van der Waals surface area contributed by atoms with Crippen LogP contribution in [0.5, 0.6) is 0 Å². The van der Waals surface area contributed by atoms with Gasteiger partial charge in [-0.3, -0.25) is 38.8 Å². The summed E-state index contributed by atoms with van der Waals surface area (Å²) in [6.45, 7) is 10.2. The molecule has 2 N–H and O–H groups in total. The average molecular weight is 2090 g/mol. The maximum absolute atomic E-state index is 12.7. The van der Waals surface area contributed by atoms with Crippen LogP contribution in [0.4, 0.5) is 45.5 Å². The molecule has 16 aromatic rings. The van der Waals surface area contributed by atoms with Crippen LogP contribution < -0.4 is 30.2 Å². The monoisotopic (exact) mass is 2090 g/mol. The van der Waals surface area contributed by atoms with Gasteiger partial charge in [-0.1, -0.05) is 270 Å². The Morgan fingerprint density at radius 1 is 0.230 bits per heavy atom. The van der Waals surface area contributed by atoms with E-state index in [9.17, 15) is 69.7 Å². The number of benzene rings is 16. The van der Waals surface area contributed by atoms with Crippen molar-refractivity contribution in [3.63, 3.8) is 0 Å². The molecule has 0 atom stereocenters. The Morgan fingerprint density at radius 3 is 0.628 bits per heavy atom. The lowest BCUT2D eigenvalue weighted by Gasteiger charge is -2.24. The fourth-order valence-corrected chi connectivity index (χ4v) is 24.1. The third-order valence-electron chi connectivity index (χ3n) is 25.3. The molecule has 0 saturated carbocycles. The molecule has 0 aromatic heterocycles. The van der Waals surface area contributed by atoms with Gasteiger partial charge in [-0.25, -0.2) is 70.5 Å². The minimum absolute atomic E-state index is 0.00588. The summed E-state index contributed by atoms with van der Waals surface area (Å²) >= 11 is 0. The number of aryl methyl sites for hydroxylation is 2. The largest absolute Gasteiger partial charge is 0.316 e. The summed E-state index contributed by atoms with van der Waals surface area (Å²) in [6.07, 6.45) is 6.77. The highest BCUT2D eigenvalue weighted by molar-refractivity contribution is 7.92. The van der Waals surface area contributed by atoms with E-state index in [4.69, 9.17) is 20.0 Å². The Morgan fingerprint density at radius 2 is 0.426 bits per heavy atom. The number of carbonyl (C=O) groups is 4. The summed E-state index contributed by atoms with van der Waals surface area (Å²) in [5, 5.41) is 14.5. The van der Waals surface area contributed by atoms with Gasteiger partial charge in [0.15, 0.2) is 59.0 Å². The van der Waals surface area contributed by atoms with E-state index in [0.717, 1.165) is 206 Å². The molecule has 4 amide bonds. The normalized spacial score (nSPS) is 13.7. The smallest absolute Gasteiger partial charge is 0.264 e. The summed E-state index contributed by atoms with van der Waals surface area (Å²) < 4.78 is 136. The van der Waals surface area contributed by atoms with Crippen LogP contribution in [0.2, 0.25) is 0 Å². The van der Waals surface area contributed by atoms with E-state index in [1.807, 2.05) is 257 Å². The summed E-state index contributed by atoms with van der Waals surface area (Å²) in [5.74, 6) is 3.16. The number of rotatable bonds is 20. The number of nitrogens with one attached hydrogen (secondary N) is 2. The number of sulfone groups is 6. The fourth-order valence-electron chi connectivity index (χ4n) is 18.5. The van der Waals surface area contributed by atoms with E-state index in [1.54, 1.807) is 43.9 Å². The standard InChI is InChI=1S/4C18H10N2O.2C12H19NO4S2.2C10H14O2S/c4*21-18-13-8-2-1-7-12(13)17-19-14-9-3-5-11-6-4-10-15(16(11)14)20(17)18;2*1-3-13-8-9-19(16,17)12-6-4-11(5-7-12)10-18(2,14)15;2*1-3-9-4-6-10(7-5-9)8-13(2,11)12/h4*1-10H;2*4-7,13H,3,8-10H2,1-2H3;2*4-7H,3,8H2,1-2H3. The quantitative estimate of drug-likeness (QED) is 0.0669. The molecule has 8 heterocycles. The number of fused-ring (bicyclic) bond motifs is 16. The van der Waals surface area contributed by atoms with Gasteiger partial charge in [0.25, 0.3) is 23.6 Å². The third-order valence-corrected chi connectivity index (χ3v) is 32.2. The van der Waals surface area contributed by atoms with Gasteiger partial charge >= 0.3 is 0 Å². The summed E-state index contributed by atoms with van der Waals surface area (Å²) in [5.41, 5.74) is 19.3. The second-order valence-electron chi connectivity index (χ2n) is 36.3. The zero-order valence-corrected chi connectivity index (χ0v) is 87.3. The Bertz CT molecular complexity index is 8000. The zero-order chi connectivity index (χ0) is 105. The van der Waals surface area contributed by atoms with Crippen molar-refractivity contribution in [3.8, 4) is 0 Å². The molecule has 0 unspecified atom stereocenters. The number of carbonyl (C=O) groups excluding carboxylic acids is 4. The Kier molecular flexibility index (Phi) is 30.8. The lowest BCUT2D eigenvalue weighted by atomic mass is 10.0. The lowest BCUT2D eigenvalue weighted by Crippen LogP contribution is -2.31. The molecule has 0 spiro atoms. The van der Waals surface area contributed by atoms with Crippen molar-refractivity contribution in [3.05, 3.63) is 418 Å². The molecule has 32 heteroatoms. The van der Waals surface area contributed by atoms with E-state index in [-0.39, 0.29) is 67.9 Å². The van der Waals surface area contributed by atoms with Crippen molar-refractivity contribution < 1.29 is 69.7 Å². The van der Waals surface area contributed by atoms with Crippen molar-refractivity contribution >= 4 is 195 Å². The fraction of sp³-hybridized carbons (Fsp3) is 0.172. The van der Waals surface area contributed by atoms with Gasteiger partial charge in [0.1, 0.15) is 23.3 Å². The van der Waals surface area contributed by atoms with Crippen LogP contribution in [0.15, 0.2) is 369 Å². The van der Waals surface area contributed by atoms with Crippen molar-refractivity contribution in [2.45, 2.75) is 73.3 Å². The van der Waals surface area contributed by atoms with Crippen LogP contribution >= 0.6 is 0 Å². The van der Waals surface area contributed by atoms with Crippen molar-refractivity contribution in [1.82, 2.24) is 10.6 Å². The number of hydrogen-bond donors (Lipinski definition) is 2. The van der Waals surface area contributed by atoms with Crippen LogP contribution in [0.1, 0.15) is 125 Å². The molecular formula is C116H106N10O16S6. The maximum atomic E-state index is 12.7. The SMILES string of the molecule is CCNCCS(=O)(=O)c1ccc(CS(C)(=O)=O)cc1.CCNCCS(=O)(=O)c1ccc(CS(C)(=O)=O)cc1.CCc1ccc(CS(C)(=O)=O)cc1.CCc1ccc(CS(C)(=O)=O)cc1.O=C1c2ccccc2C2=Nc3cccc4cccc(c34)N12.O=C1c2ccccc2C2=Nc3cccc4cccc(c34)N12.O=C1c2ccccc2C2=Nc3cccc4cccc(c34)N12.O=C1c2ccccc2C2=Nc3cccc4cccc(c34)N12. The first-order chi connectivity index (χ1) is 70.9. The van der Waals surface area contributed by atoms with Crippen molar-refractivity contribution in [2.24, 2.45) is 20.0 Å². The predicted octanol–water partition coefficient (Wildman–Crippen LogP) is 20.4. The van der Waals surface area contributed by atoms with Crippen LogP contribution in [0, 0.1) is 0 Å². The van der Waals surface area contributed by atoms with E-state index < -0.39 is 59.0 Å². The molecule has 0 saturated heterocycles. The second kappa shape index (κ2) is 43.8. The molecule has 0 bridgehead atoms. The first kappa shape index (κ1) is 104. The first-order valence-corrected chi connectivity index (χ1v) is 59.5. The Labute approximate surface area is 861 Å². The highest BCUT2D eigenvalue weighted by Gasteiger charge is 2.43. The molecule has 0 fully saturated rings. The molecule has 0 aliphatic carbocycles. The van der Waals surface area contributed by atoms with Gasteiger partial charge in [-0.05, 0) is 178 Å². The summed E-state index contributed by atoms with van der Waals surface area (Å²) in [7, 11) is -18.6. The predicted molar refractivity (Wildman–Crippen MR) is 593 cm³/mol. The Balaban J connectivity index is 0.000000116. The van der Waals surface area contributed by atoms with Gasteiger partial charge in [0, 0.05) is 81.9 Å². The number of anilines is 4.